The number of halogens is 1. The summed E-state index contributed by atoms with van der Waals surface area (Å²) in [4.78, 5) is 16.7. The van der Waals surface area contributed by atoms with Gasteiger partial charge in [0, 0.05) is 34.1 Å². The first kappa shape index (κ1) is 21.7. The van der Waals surface area contributed by atoms with Gasteiger partial charge in [-0.2, -0.15) is 0 Å². The Morgan fingerprint density at radius 2 is 1.66 bits per heavy atom. The average Bonchev–Trinajstić information content (AvgIpc) is 3.31. The molecule has 0 atom stereocenters. The quantitative estimate of drug-likeness (QED) is 0.402. The molecule has 0 fully saturated rings. The van der Waals surface area contributed by atoms with Gasteiger partial charge >= 0.3 is 0 Å². The standard InChI is InChI=1S/C23H18FN3O3S2/c1-15-14-20(10-11-21(15)24)32(29,30)27-19-8-2-16(3-9-19)22(28)26-18-6-4-17(5-7-18)23-25-12-13-31-23/h2-14,27H,1H3,(H,26,28). The van der Waals surface area contributed by atoms with Crippen molar-refractivity contribution in [2.24, 2.45) is 0 Å². The zero-order valence-corrected chi connectivity index (χ0v) is 18.5. The van der Waals surface area contributed by atoms with E-state index in [4.69, 9.17) is 0 Å². The number of aryl methyl sites for hydroxylation is 1. The number of carbonyl (C=O) groups excluding carboxylic acids is 1. The third kappa shape index (κ3) is 4.84. The van der Waals surface area contributed by atoms with E-state index in [0.29, 0.717) is 11.3 Å². The van der Waals surface area contributed by atoms with Crippen molar-refractivity contribution in [3.05, 3.63) is 95.3 Å². The molecule has 0 bridgehead atoms. The van der Waals surface area contributed by atoms with Crippen LogP contribution in [0.2, 0.25) is 0 Å². The third-order valence-electron chi connectivity index (χ3n) is 4.66. The largest absolute Gasteiger partial charge is 0.322 e. The van der Waals surface area contributed by atoms with Crippen molar-refractivity contribution in [1.29, 1.82) is 0 Å². The molecular weight excluding hydrogens is 449 g/mol. The van der Waals surface area contributed by atoms with E-state index in [9.17, 15) is 17.6 Å². The molecule has 0 unspecified atom stereocenters. The molecule has 162 valence electrons. The second kappa shape index (κ2) is 8.89. The van der Waals surface area contributed by atoms with Gasteiger partial charge in [0.25, 0.3) is 15.9 Å². The Labute approximate surface area is 188 Å². The minimum absolute atomic E-state index is 0.0422. The van der Waals surface area contributed by atoms with E-state index < -0.39 is 15.8 Å². The van der Waals surface area contributed by atoms with Gasteiger partial charge in [-0.05, 0) is 79.2 Å². The van der Waals surface area contributed by atoms with Crippen LogP contribution in [0.15, 0.2) is 83.2 Å². The molecule has 6 nitrogen and oxygen atoms in total. The fourth-order valence-corrected chi connectivity index (χ4v) is 4.74. The smallest absolute Gasteiger partial charge is 0.261 e. The van der Waals surface area contributed by atoms with Crippen LogP contribution >= 0.6 is 11.3 Å². The topological polar surface area (TPSA) is 88.2 Å². The summed E-state index contributed by atoms with van der Waals surface area (Å²) in [6.07, 6.45) is 1.74. The van der Waals surface area contributed by atoms with Gasteiger partial charge in [-0.15, -0.1) is 11.3 Å². The Morgan fingerprint density at radius 3 is 2.28 bits per heavy atom. The number of amides is 1. The summed E-state index contributed by atoms with van der Waals surface area (Å²) in [7, 11) is -3.88. The van der Waals surface area contributed by atoms with Crippen molar-refractivity contribution in [2.75, 3.05) is 10.0 Å². The lowest BCUT2D eigenvalue weighted by molar-refractivity contribution is 0.102. The van der Waals surface area contributed by atoms with Gasteiger partial charge in [0.2, 0.25) is 0 Å². The van der Waals surface area contributed by atoms with Crippen molar-refractivity contribution in [3.63, 3.8) is 0 Å². The third-order valence-corrected chi connectivity index (χ3v) is 6.86. The summed E-state index contributed by atoms with van der Waals surface area (Å²) in [5.74, 6) is -0.798. The molecule has 1 heterocycles. The molecule has 4 rings (SSSR count). The van der Waals surface area contributed by atoms with Crippen LogP contribution in [0, 0.1) is 12.7 Å². The molecule has 0 aliphatic rings. The molecule has 0 spiro atoms. The highest BCUT2D eigenvalue weighted by Crippen LogP contribution is 2.24. The Balaban J connectivity index is 1.42. The minimum Gasteiger partial charge on any atom is -0.322 e. The van der Waals surface area contributed by atoms with Crippen LogP contribution in [0.1, 0.15) is 15.9 Å². The van der Waals surface area contributed by atoms with Crippen LogP contribution in [0.5, 0.6) is 0 Å². The van der Waals surface area contributed by atoms with Gasteiger partial charge < -0.3 is 5.32 Å². The van der Waals surface area contributed by atoms with Crippen molar-refractivity contribution < 1.29 is 17.6 Å². The molecule has 32 heavy (non-hydrogen) atoms. The highest BCUT2D eigenvalue weighted by atomic mass is 32.2. The number of nitrogens with one attached hydrogen (secondary N) is 2. The van der Waals surface area contributed by atoms with Gasteiger partial charge in [0.15, 0.2) is 0 Å². The summed E-state index contributed by atoms with van der Waals surface area (Å²) < 4.78 is 40.9. The Hall–Kier alpha value is -3.56. The number of benzene rings is 3. The molecule has 1 aromatic heterocycles. The zero-order chi connectivity index (χ0) is 22.7. The maximum Gasteiger partial charge on any atom is 0.261 e. The number of nitrogens with zero attached hydrogens (tertiary/aromatic N) is 1. The molecular formula is C23H18FN3O3S2. The van der Waals surface area contributed by atoms with E-state index in [0.717, 1.165) is 16.6 Å². The van der Waals surface area contributed by atoms with E-state index in [1.807, 2.05) is 17.5 Å². The molecule has 0 radical (unpaired) electrons. The summed E-state index contributed by atoms with van der Waals surface area (Å²) in [6.45, 7) is 1.49. The molecule has 9 heteroatoms. The Bertz CT molecular complexity index is 1350. The highest BCUT2D eigenvalue weighted by molar-refractivity contribution is 7.92. The Kier molecular flexibility index (Phi) is 6.02. The van der Waals surface area contributed by atoms with Crippen LogP contribution in [-0.4, -0.2) is 19.3 Å². The fraction of sp³-hybridized carbons (Fsp3) is 0.0435. The first-order valence-electron chi connectivity index (χ1n) is 9.52. The summed E-state index contributed by atoms with van der Waals surface area (Å²) in [6, 6.07) is 17.0. The average molecular weight is 468 g/mol. The molecule has 0 saturated carbocycles. The molecule has 2 N–H and O–H groups in total. The normalized spacial score (nSPS) is 11.2. The van der Waals surface area contributed by atoms with Gasteiger partial charge in [0.05, 0.1) is 4.90 Å². The molecule has 0 aliphatic heterocycles. The predicted molar refractivity (Wildman–Crippen MR) is 124 cm³/mol. The first-order valence-corrected chi connectivity index (χ1v) is 11.9. The Morgan fingerprint density at radius 1 is 0.969 bits per heavy atom. The number of thiazole rings is 1. The predicted octanol–water partition coefficient (Wildman–Crippen LogP) is 5.31. The van der Waals surface area contributed by atoms with Crippen molar-refractivity contribution in [2.45, 2.75) is 11.8 Å². The van der Waals surface area contributed by atoms with E-state index in [2.05, 4.69) is 15.0 Å². The minimum atomic E-state index is -3.88. The summed E-state index contributed by atoms with van der Waals surface area (Å²) >= 11 is 1.53. The van der Waals surface area contributed by atoms with Crippen LogP contribution in [0.25, 0.3) is 10.6 Å². The van der Waals surface area contributed by atoms with Crippen molar-refractivity contribution >= 4 is 38.6 Å². The van der Waals surface area contributed by atoms with Gasteiger partial charge in [-0.3, -0.25) is 9.52 Å². The number of rotatable bonds is 6. The van der Waals surface area contributed by atoms with Crippen LogP contribution in [0.4, 0.5) is 15.8 Å². The van der Waals surface area contributed by atoms with Crippen molar-refractivity contribution in [1.82, 2.24) is 4.98 Å². The molecule has 1 amide bonds. The van der Waals surface area contributed by atoms with E-state index in [1.165, 1.54) is 54.7 Å². The summed E-state index contributed by atoms with van der Waals surface area (Å²) in [5, 5.41) is 5.60. The highest BCUT2D eigenvalue weighted by Gasteiger charge is 2.16. The van der Waals surface area contributed by atoms with Crippen LogP contribution in [0.3, 0.4) is 0 Å². The number of hydrogen-bond acceptors (Lipinski definition) is 5. The number of anilines is 2. The second-order valence-electron chi connectivity index (χ2n) is 6.96. The number of carbonyl (C=O) groups is 1. The number of hydrogen-bond donors (Lipinski definition) is 2. The zero-order valence-electron chi connectivity index (χ0n) is 16.9. The molecule has 3 aromatic carbocycles. The van der Waals surface area contributed by atoms with Gasteiger partial charge in [0.1, 0.15) is 10.8 Å². The van der Waals surface area contributed by atoms with Gasteiger partial charge in [-0.1, -0.05) is 0 Å². The first-order chi connectivity index (χ1) is 15.3. The summed E-state index contributed by atoms with van der Waals surface area (Å²) in [5.41, 5.74) is 2.49. The lowest BCUT2D eigenvalue weighted by Gasteiger charge is -2.10. The fourth-order valence-electron chi connectivity index (χ4n) is 2.95. The maximum atomic E-state index is 13.4. The van der Waals surface area contributed by atoms with Crippen LogP contribution < -0.4 is 10.0 Å². The monoisotopic (exact) mass is 467 g/mol. The molecule has 0 aliphatic carbocycles. The maximum absolute atomic E-state index is 13.4. The van der Waals surface area contributed by atoms with Gasteiger partial charge in [-0.25, -0.2) is 17.8 Å². The second-order valence-corrected chi connectivity index (χ2v) is 9.54. The lowest BCUT2D eigenvalue weighted by atomic mass is 10.1. The lowest BCUT2D eigenvalue weighted by Crippen LogP contribution is -2.14. The van der Waals surface area contributed by atoms with E-state index in [1.54, 1.807) is 18.3 Å². The number of aromatic nitrogens is 1. The van der Waals surface area contributed by atoms with E-state index in [-0.39, 0.29) is 22.1 Å². The SMILES string of the molecule is Cc1cc(S(=O)(=O)Nc2ccc(C(=O)Nc3ccc(-c4nccs4)cc3)cc2)ccc1F. The van der Waals surface area contributed by atoms with Crippen molar-refractivity contribution in [3.8, 4) is 10.6 Å². The van der Waals surface area contributed by atoms with Crippen LogP contribution in [-0.2, 0) is 10.0 Å². The molecule has 0 saturated heterocycles. The molecule has 4 aromatic rings. The number of sulfonamides is 1. The van der Waals surface area contributed by atoms with E-state index >= 15 is 0 Å².